The fraction of sp³-hybridized carbons (Fsp3) is 0.231. The molecule has 1 N–H and O–H groups in total. The lowest BCUT2D eigenvalue weighted by Gasteiger charge is -2.13. The summed E-state index contributed by atoms with van der Waals surface area (Å²) in [5, 5.41) is 9.75. The van der Waals surface area contributed by atoms with Crippen molar-refractivity contribution in [2.24, 2.45) is 0 Å². The molecule has 100 valence electrons. The van der Waals surface area contributed by atoms with Crippen molar-refractivity contribution in [1.29, 1.82) is 0 Å². The largest absolute Gasteiger partial charge is 0.497 e. The number of hydrogen-bond acceptors (Lipinski definition) is 4. The number of carboxylic acid groups (broad SMARTS) is 1. The molecular formula is C13H12ClNO4. The minimum Gasteiger partial charge on any atom is -0.497 e. The number of pyridine rings is 1. The summed E-state index contributed by atoms with van der Waals surface area (Å²) in [4.78, 5) is 15.3. The molecule has 0 fully saturated rings. The molecule has 2 aromatic rings. The third-order valence-electron chi connectivity index (χ3n) is 2.90. The summed E-state index contributed by atoms with van der Waals surface area (Å²) in [6.07, 6.45) is 0. The molecule has 0 aliphatic carbocycles. The fourth-order valence-electron chi connectivity index (χ4n) is 2.01. The maximum absolute atomic E-state index is 11.2. The van der Waals surface area contributed by atoms with E-state index in [1.54, 1.807) is 19.1 Å². The van der Waals surface area contributed by atoms with E-state index in [0.29, 0.717) is 28.0 Å². The van der Waals surface area contributed by atoms with Crippen LogP contribution >= 0.6 is 11.6 Å². The number of aromatic nitrogens is 1. The zero-order valence-electron chi connectivity index (χ0n) is 10.7. The van der Waals surface area contributed by atoms with E-state index in [1.165, 1.54) is 14.2 Å². The maximum atomic E-state index is 11.2. The molecule has 19 heavy (non-hydrogen) atoms. The van der Waals surface area contributed by atoms with Gasteiger partial charge in [-0.1, -0.05) is 11.6 Å². The standard InChI is InChI=1S/C13H12ClNO4/c1-6-10-8(15-12(14)11(6)13(16)17)4-7(18-2)5-9(10)19-3/h4-5H,1-3H3,(H,16,17). The van der Waals surface area contributed by atoms with Gasteiger partial charge in [0.2, 0.25) is 0 Å². The summed E-state index contributed by atoms with van der Waals surface area (Å²) in [6, 6.07) is 3.36. The minimum atomic E-state index is -1.12. The molecule has 0 spiro atoms. The van der Waals surface area contributed by atoms with Crippen molar-refractivity contribution in [3.63, 3.8) is 0 Å². The zero-order chi connectivity index (χ0) is 14.2. The van der Waals surface area contributed by atoms with Gasteiger partial charge in [-0.2, -0.15) is 0 Å². The Morgan fingerprint density at radius 2 is 2.00 bits per heavy atom. The van der Waals surface area contributed by atoms with E-state index in [9.17, 15) is 9.90 Å². The minimum absolute atomic E-state index is 0.0161. The first kappa shape index (κ1) is 13.4. The number of rotatable bonds is 3. The normalized spacial score (nSPS) is 10.5. The molecule has 1 aromatic carbocycles. The Hall–Kier alpha value is -2.01. The van der Waals surface area contributed by atoms with Crippen LogP contribution in [-0.2, 0) is 0 Å². The molecule has 0 aliphatic rings. The second-order valence-corrected chi connectivity index (χ2v) is 4.29. The maximum Gasteiger partial charge on any atom is 0.339 e. The van der Waals surface area contributed by atoms with E-state index in [-0.39, 0.29) is 10.7 Å². The Balaban J connectivity index is 2.92. The van der Waals surface area contributed by atoms with Crippen molar-refractivity contribution in [3.8, 4) is 11.5 Å². The lowest BCUT2D eigenvalue weighted by atomic mass is 10.0. The number of aromatic carboxylic acids is 1. The van der Waals surface area contributed by atoms with Gasteiger partial charge in [-0.25, -0.2) is 9.78 Å². The number of methoxy groups -OCH3 is 2. The number of carbonyl (C=O) groups is 1. The molecule has 1 heterocycles. The van der Waals surface area contributed by atoms with Crippen molar-refractivity contribution in [1.82, 2.24) is 4.98 Å². The second-order valence-electron chi connectivity index (χ2n) is 3.93. The Morgan fingerprint density at radius 3 is 2.53 bits per heavy atom. The van der Waals surface area contributed by atoms with Crippen LogP contribution in [0, 0.1) is 6.92 Å². The summed E-state index contributed by atoms with van der Waals surface area (Å²) in [7, 11) is 3.03. The molecule has 0 saturated carbocycles. The monoisotopic (exact) mass is 281 g/mol. The summed E-state index contributed by atoms with van der Waals surface area (Å²) in [5.41, 5.74) is 1.03. The van der Waals surface area contributed by atoms with Gasteiger partial charge in [-0.05, 0) is 12.5 Å². The van der Waals surface area contributed by atoms with Crippen molar-refractivity contribution in [3.05, 3.63) is 28.4 Å². The molecule has 0 bridgehead atoms. The van der Waals surface area contributed by atoms with Crippen LogP contribution < -0.4 is 9.47 Å². The van der Waals surface area contributed by atoms with E-state index in [2.05, 4.69) is 4.98 Å². The third-order valence-corrected chi connectivity index (χ3v) is 3.17. The molecule has 0 atom stereocenters. The number of hydrogen-bond donors (Lipinski definition) is 1. The van der Waals surface area contributed by atoms with Gasteiger partial charge in [0.25, 0.3) is 0 Å². The van der Waals surface area contributed by atoms with Crippen molar-refractivity contribution in [2.45, 2.75) is 6.92 Å². The Kier molecular flexibility index (Phi) is 3.48. The Labute approximate surface area is 114 Å². The van der Waals surface area contributed by atoms with Crippen LogP contribution in [0.5, 0.6) is 11.5 Å². The lowest BCUT2D eigenvalue weighted by Crippen LogP contribution is -2.04. The van der Waals surface area contributed by atoms with Gasteiger partial charge in [0.05, 0.1) is 19.7 Å². The van der Waals surface area contributed by atoms with Gasteiger partial charge >= 0.3 is 5.97 Å². The van der Waals surface area contributed by atoms with Crippen LogP contribution in [0.2, 0.25) is 5.15 Å². The van der Waals surface area contributed by atoms with Crippen LogP contribution in [0.3, 0.4) is 0 Å². The van der Waals surface area contributed by atoms with Crippen LogP contribution in [0.1, 0.15) is 15.9 Å². The quantitative estimate of drug-likeness (QED) is 0.876. The Morgan fingerprint density at radius 1 is 1.32 bits per heavy atom. The van der Waals surface area contributed by atoms with E-state index in [0.717, 1.165) is 0 Å². The first-order valence-electron chi connectivity index (χ1n) is 5.44. The van der Waals surface area contributed by atoms with E-state index in [4.69, 9.17) is 21.1 Å². The van der Waals surface area contributed by atoms with Gasteiger partial charge in [0.1, 0.15) is 22.2 Å². The fourth-order valence-corrected chi connectivity index (χ4v) is 2.32. The average molecular weight is 282 g/mol. The second kappa shape index (κ2) is 4.93. The number of aryl methyl sites for hydroxylation is 1. The van der Waals surface area contributed by atoms with Crippen LogP contribution in [0.4, 0.5) is 0 Å². The van der Waals surface area contributed by atoms with Crippen molar-refractivity contribution in [2.75, 3.05) is 14.2 Å². The van der Waals surface area contributed by atoms with Gasteiger partial charge in [-0.3, -0.25) is 0 Å². The predicted octanol–water partition coefficient (Wildman–Crippen LogP) is 2.91. The Bertz CT molecular complexity index is 669. The van der Waals surface area contributed by atoms with E-state index >= 15 is 0 Å². The first-order chi connectivity index (χ1) is 8.99. The predicted molar refractivity (Wildman–Crippen MR) is 71.6 cm³/mol. The van der Waals surface area contributed by atoms with Crippen LogP contribution in [0.25, 0.3) is 10.9 Å². The van der Waals surface area contributed by atoms with Crippen molar-refractivity contribution < 1.29 is 19.4 Å². The highest BCUT2D eigenvalue weighted by Crippen LogP contribution is 2.35. The first-order valence-corrected chi connectivity index (χ1v) is 5.82. The molecule has 0 unspecified atom stereocenters. The number of nitrogens with zero attached hydrogens (tertiary/aromatic N) is 1. The molecule has 1 aromatic heterocycles. The third kappa shape index (κ3) is 2.17. The summed E-state index contributed by atoms with van der Waals surface area (Å²) >= 11 is 5.92. The van der Waals surface area contributed by atoms with Gasteiger partial charge < -0.3 is 14.6 Å². The number of fused-ring (bicyclic) bond motifs is 1. The van der Waals surface area contributed by atoms with Crippen LogP contribution in [-0.4, -0.2) is 30.3 Å². The van der Waals surface area contributed by atoms with E-state index in [1.807, 2.05) is 0 Å². The lowest BCUT2D eigenvalue weighted by molar-refractivity contribution is 0.0696. The number of ether oxygens (including phenoxy) is 2. The van der Waals surface area contributed by atoms with Gasteiger partial charge in [0, 0.05) is 17.5 Å². The molecule has 5 nitrogen and oxygen atoms in total. The summed E-state index contributed by atoms with van der Waals surface area (Å²) in [6.45, 7) is 1.67. The molecule has 2 rings (SSSR count). The van der Waals surface area contributed by atoms with Crippen LogP contribution in [0.15, 0.2) is 12.1 Å². The highest BCUT2D eigenvalue weighted by Gasteiger charge is 2.19. The number of carboxylic acids is 1. The SMILES string of the molecule is COc1cc(OC)c2c(C)c(C(=O)O)c(Cl)nc2c1. The highest BCUT2D eigenvalue weighted by molar-refractivity contribution is 6.33. The van der Waals surface area contributed by atoms with Gasteiger partial charge in [0.15, 0.2) is 0 Å². The van der Waals surface area contributed by atoms with Crippen molar-refractivity contribution >= 4 is 28.5 Å². The van der Waals surface area contributed by atoms with Gasteiger partial charge in [-0.15, -0.1) is 0 Å². The molecule has 0 aliphatic heterocycles. The number of benzene rings is 1. The molecular weight excluding hydrogens is 270 g/mol. The zero-order valence-corrected chi connectivity index (χ0v) is 11.4. The highest BCUT2D eigenvalue weighted by atomic mass is 35.5. The molecule has 0 radical (unpaired) electrons. The number of halogens is 1. The van der Waals surface area contributed by atoms with E-state index < -0.39 is 5.97 Å². The summed E-state index contributed by atoms with van der Waals surface area (Å²) < 4.78 is 10.4. The molecule has 0 saturated heterocycles. The summed E-state index contributed by atoms with van der Waals surface area (Å²) in [5.74, 6) is -0.0521. The molecule has 6 heteroatoms. The topological polar surface area (TPSA) is 68.7 Å². The molecule has 0 amide bonds. The smallest absolute Gasteiger partial charge is 0.339 e. The average Bonchev–Trinajstić information content (AvgIpc) is 2.36.